The van der Waals surface area contributed by atoms with Crippen molar-refractivity contribution in [3.05, 3.63) is 28.1 Å². The minimum Gasteiger partial charge on any atom is -0.325 e. The van der Waals surface area contributed by atoms with Crippen molar-refractivity contribution in [2.24, 2.45) is 5.73 Å². The zero-order chi connectivity index (χ0) is 11.9. The van der Waals surface area contributed by atoms with Gasteiger partial charge in [0.05, 0.1) is 15.9 Å². The number of nitrogens with two attached hydrogens (primary N) is 1. The summed E-state index contributed by atoms with van der Waals surface area (Å²) < 4.78 is 2.76. The van der Waals surface area contributed by atoms with Crippen molar-refractivity contribution < 1.29 is 0 Å². The quantitative estimate of drug-likeness (QED) is 0.873. The summed E-state index contributed by atoms with van der Waals surface area (Å²) in [4.78, 5) is 4.32. The van der Waals surface area contributed by atoms with Gasteiger partial charge >= 0.3 is 0 Å². The Labute approximate surface area is 103 Å². The second-order valence-corrected chi connectivity index (χ2v) is 5.58. The minimum absolute atomic E-state index is 0.0155. The monoisotopic (exact) mass is 282 g/mol. The summed E-state index contributed by atoms with van der Waals surface area (Å²) in [5, 5.41) is 4.58. The Morgan fingerprint density at radius 2 is 2.12 bits per heavy atom. The van der Waals surface area contributed by atoms with E-state index in [-0.39, 0.29) is 5.41 Å². The number of hydrogen-bond donors (Lipinski definition) is 1. The lowest BCUT2D eigenvalue weighted by molar-refractivity contribution is 0.558. The fourth-order valence-corrected chi connectivity index (χ4v) is 2.54. The molecular weight excluding hydrogens is 268 g/mol. The summed E-state index contributed by atoms with van der Waals surface area (Å²) >= 11 is 3.56. The van der Waals surface area contributed by atoms with Crippen LogP contribution in [0.3, 0.4) is 0 Å². The van der Waals surface area contributed by atoms with Crippen LogP contribution in [-0.2, 0) is 12.0 Å². The second-order valence-electron chi connectivity index (χ2n) is 4.79. The Kier molecular flexibility index (Phi) is 2.75. The number of aromatic nitrogens is 3. The highest BCUT2D eigenvalue weighted by molar-refractivity contribution is 9.10. The summed E-state index contributed by atoms with van der Waals surface area (Å²) in [7, 11) is 0. The van der Waals surface area contributed by atoms with Gasteiger partial charge in [-0.05, 0) is 22.0 Å². The molecule has 0 aromatic carbocycles. The standard InChI is InChI=1S/C11H15BrN4/c1-11(2,3)9-8(12)10-14-5-4-7(6-13)16(10)15-9/h4-5H,6,13H2,1-3H3. The molecule has 0 spiro atoms. The molecule has 0 atom stereocenters. The van der Waals surface area contributed by atoms with E-state index in [0.717, 1.165) is 21.5 Å². The van der Waals surface area contributed by atoms with Crippen LogP contribution in [0.25, 0.3) is 5.65 Å². The zero-order valence-corrected chi connectivity index (χ0v) is 11.2. The topological polar surface area (TPSA) is 56.2 Å². The first-order valence-electron chi connectivity index (χ1n) is 5.18. The van der Waals surface area contributed by atoms with Gasteiger partial charge in [0.2, 0.25) is 0 Å². The van der Waals surface area contributed by atoms with Crippen LogP contribution >= 0.6 is 15.9 Å². The first kappa shape index (κ1) is 11.5. The van der Waals surface area contributed by atoms with Gasteiger partial charge in [0.25, 0.3) is 0 Å². The molecule has 0 radical (unpaired) electrons. The molecule has 0 saturated heterocycles. The molecule has 2 N–H and O–H groups in total. The summed E-state index contributed by atoms with van der Waals surface area (Å²) in [6.45, 7) is 6.84. The van der Waals surface area contributed by atoms with E-state index in [1.54, 1.807) is 6.20 Å². The third kappa shape index (κ3) is 1.74. The lowest BCUT2D eigenvalue weighted by Gasteiger charge is -2.14. The van der Waals surface area contributed by atoms with Crippen LogP contribution in [0.4, 0.5) is 0 Å². The maximum Gasteiger partial charge on any atom is 0.169 e. The summed E-state index contributed by atoms with van der Waals surface area (Å²) in [6, 6.07) is 1.89. The van der Waals surface area contributed by atoms with E-state index >= 15 is 0 Å². The molecule has 0 aliphatic carbocycles. The summed E-state index contributed by atoms with van der Waals surface area (Å²) in [6.07, 6.45) is 1.76. The van der Waals surface area contributed by atoms with E-state index in [1.807, 2.05) is 10.6 Å². The lowest BCUT2D eigenvalue weighted by Crippen LogP contribution is -2.13. The van der Waals surface area contributed by atoms with Gasteiger partial charge in [0, 0.05) is 18.2 Å². The molecule has 0 fully saturated rings. The van der Waals surface area contributed by atoms with Gasteiger partial charge in [-0.25, -0.2) is 9.50 Å². The Hall–Kier alpha value is -0.940. The molecular formula is C11H15BrN4. The summed E-state index contributed by atoms with van der Waals surface area (Å²) in [5.74, 6) is 0. The number of nitrogens with zero attached hydrogens (tertiary/aromatic N) is 3. The molecule has 2 rings (SSSR count). The van der Waals surface area contributed by atoms with Crippen molar-refractivity contribution in [2.75, 3.05) is 0 Å². The van der Waals surface area contributed by atoms with Crippen LogP contribution in [-0.4, -0.2) is 14.6 Å². The van der Waals surface area contributed by atoms with Crippen LogP contribution in [0, 0.1) is 0 Å². The normalized spacial score (nSPS) is 12.3. The Bertz CT molecular complexity index is 524. The molecule has 86 valence electrons. The fraction of sp³-hybridized carbons (Fsp3) is 0.455. The molecule has 5 heteroatoms. The van der Waals surface area contributed by atoms with Crippen molar-refractivity contribution >= 4 is 21.6 Å². The SMILES string of the molecule is CC(C)(C)c1nn2c(CN)ccnc2c1Br. The third-order valence-corrected chi connectivity index (χ3v) is 3.19. The van der Waals surface area contributed by atoms with Crippen LogP contribution in [0.15, 0.2) is 16.7 Å². The van der Waals surface area contributed by atoms with Crippen LogP contribution in [0.2, 0.25) is 0 Å². The predicted octanol–water partition coefficient (Wildman–Crippen LogP) is 2.25. The van der Waals surface area contributed by atoms with Crippen molar-refractivity contribution in [3.63, 3.8) is 0 Å². The minimum atomic E-state index is -0.0155. The number of rotatable bonds is 1. The van der Waals surface area contributed by atoms with E-state index < -0.39 is 0 Å². The predicted molar refractivity (Wildman–Crippen MR) is 67.3 cm³/mol. The number of halogens is 1. The highest BCUT2D eigenvalue weighted by Crippen LogP contribution is 2.31. The maximum absolute atomic E-state index is 5.68. The van der Waals surface area contributed by atoms with Gasteiger partial charge < -0.3 is 5.73 Å². The Morgan fingerprint density at radius 3 is 2.69 bits per heavy atom. The van der Waals surface area contributed by atoms with Gasteiger partial charge in [0.1, 0.15) is 0 Å². The first-order valence-corrected chi connectivity index (χ1v) is 5.97. The van der Waals surface area contributed by atoms with Gasteiger partial charge in [-0.3, -0.25) is 0 Å². The maximum atomic E-state index is 5.68. The van der Waals surface area contributed by atoms with Crippen LogP contribution in [0.5, 0.6) is 0 Å². The Balaban J connectivity index is 2.77. The molecule has 2 aromatic rings. The molecule has 0 unspecified atom stereocenters. The highest BCUT2D eigenvalue weighted by atomic mass is 79.9. The second kappa shape index (κ2) is 3.82. The van der Waals surface area contributed by atoms with E-state index in [4.69, 9.17) is 5.73 Å². The molecule has 0 bridgehead atoms. The molecule has 2 aromatic heterocycles. The molecule has 2 heterocycles. The third-order valence-electron chi connectivity index (χ3n) is 2.46. The van der Waals surface area contributed by atoms with E-state index in [1.165, 1.54) is 0 Å². The number of hydrogen-bond acceptors (Lipinski definition) is 3. The zero-order valence-electron chi connectivity index (χ0n) is 9.66. The first-order chi connectivity index (χ1) is 7.45. The molecule has 4 nitrogen and oxygen atoms in total. The van der Waals surface area contributed by atoms with Crippen LogP contribution < -0.4 is 5.73 Å². The van der Waals surface area contributed by atoms with E-state index in [0.29, 0.717) is 6.54 Å². The Morgan fingerprint density at radius 1 is 1.44 bits per heavy atom. The van der Waals surface area contributed by atoms with Crippen molar-refractivity contribution in [2.45, 2.75) is 32.7 Å². The average molecular weight is 283 g/mol. The van der Waals surface area contributed by atoms with Gasteiger partial charge in [-0.2, -0.15) is 5.10 Å². The van der Waals surface area contributed by atoms with Crippen molar-refractivity contribution in [1.29, 1.82) is 0 Å². The van der Waals surface area contributed by atoms with E-state index in [2.05, 4.69) is 46.8 Å². The number of fused-ring (bicyclic) bond motifs is 1. The van der Waals surface area contributed by atoms with Crippen LogP contribution in [0.1, 0.15) is 32.2 Å². The lowest BCUT2D eigenvalue weighted by atomic mass is 9.92. The summed E-state index contributed by atoms with van der Waals surface area (Å²) in [5.41, 5.74) is 8.45. The van der Waals surface area contributed by atoms with Gasteiger partial charge in [-0.15, -0.1) is 0 Å². The smallest absolute Gasteiger partial charge is 0.169 e. The van der Waals surface area contributed by atoms with E-state index in [9.17, 15) is 0 Å². The molecule has 0 saturated carbocycles. The highest BCUT2D eigenvalue weighted by Gasteiger charge is 2.23. The van der Waals surface area contributed by atoms with Gasteiger partial charge in [0.15, 0.2) is 5.65 Å². The largest absolute Gasteiger partial charge is 0.325 e. The van der Waals surface area contributed by atoms with Crippen molar-refractivity contribution in [1.82, 2.24) is 14.6 Å². The average Bonchev–Trinajstić information content (AvgIpc) is 2.56. The fourth-order valence-electron chi connectivity index (χ4n) is 1.60. The van der Waals surface area contributed by atoms with Gasteiger partial charge in [-0.1, -0.05) is 20.8 Å². The molecule has 16 heavy (non-hydrogen) atoms. The molecule has 0 aliphatic rings. The van der Waals surface area contributed by atoms with Crippen molar-refractivity contribution in [3.8, 4) is 0 Å². The molecule has 0 amide bonds. The molecule has 0 aliphatic heterocycles.